The first kappa shape index (κ1) is 23.1. The van der Waals surface area contributed by atoms with Crippen LogP contribution in [0.15, 0.2) is 84.9 Å². The van der Waals surface area contributed by atoms with Gasteiger partial charge in [0.15, 0.2) is 0 Å². The number of amides is 1. The Bertz CT molecular complexity index is 1100. The SMILES string of the molecule is C[C@H](C(=O)NCCOc1ccccc1)N(c1ccc(Oc2ccccc2)cc1)S(C)(=O)=O. The number of rotatable bonds is 10. The van der Waals surface area contributed by atoms with Crippen molar-refractivity contribution >= 4 is 21.6 Å². The van der Waals surface area contributed by atoms with Crippen LogP contribution >= 0.6 is 0 Å². The number of sulfonamides is 1. The first-order chi connectivity index (χ1) is 15.3. The summed E-state index contributed by atoms with van der Waals surface area (Å²) >= 11 is 0. The van der Waals surface area contributed by atoms with Gasteiger partial charge in [-0.15, -0.1) is 0 Å². The van der Waals surface area contributed by atoms with Gasteiger partial charge in [-0.05, 0) is 55.5 Å². The third kappa shape index (κ3) is 6.49. The summed E-state index contributed by atoms with van der Waals surface area (Å²) in [5.74, 6) is 1.51. The van der Waals surface area contributed by atoms with E-state index in [-0.39, 0.29) is 13.2 Å². The van der Waals surface area contributed by atoms with Crippen LogP contribution in [0.2, 0.25) is 0 Å². The molecule has 0 heterocycles. The Hall–Kier alpha value is -3.52. The van der Waals surface area contributed by atoms with E-state index in [1.807, 2.05) is 60.7 Å². The highest BCUT2D eigenvalue weighted by Crippen LogP contribution is 2.26. The van der Waals surface area contributed by atoms with Crippen molar-refractivity contribution in [1.82, 2.24) is 5.32 Å². The summed E-state index contributed by atoms with van der Waals surface area (Å²) in [7, 11) is -3.71. The lowest BCUT2D eigenvalue weighted by Crippen LogP contribution is -2.48. The minimum Gasteiger partial charge on any atom is -0.492 e. The maximum Gasteiger partial charge on any atom is 0.243 e. The van der Waals surface area contributed by atoms with Crippen molar-refractivity contribution in [3.05, 3.63) is 84.9 Å². The predicted molar refractivity (Wildman–Crippen MR) is 125 cm³/mol. The minimum atomic E-state index is -3.71. The zero-order valence-corrected chi connectivity index (χ0v) is 18.8. The van der Waals surface area contributed by atoms with E-state index >= 15 is 0 Å². The predicted octanol–water partition coefficient (Wildman–Crippen LogP) is 3.83. The second-order valence-corrected chi connectivity index (χ2v) is 8.96. The standard InChI is InChI=1S/C24H26N2O5S/c1-19(24(27)25-17-18-30-21-9-5-3-6-10-21)26(32(2,28)29)20-13-15-23(16-14-20)31-22-11-7-4-8-12-22/h3-16,19H,17-18H2,1-2H3,(H,25,27)/t19-/m1/s1. The fourth-order valence-corrected chi connectivity index (χ4v) is 4.28. The number of carbonyl (C=O) groups is 1. The summed E-state index contributed by atoms with van der Waals surface area (Å²) in [5.41, 5.74) is 0.371. The Balaban J connectivity index is 1.62. The van der Waals surface area contributed by atoms with Crippen molar-refractivity contribution in [3.8, 4) is 17.2 Å². The van der Waals surface area contributed by atoms with Crippen LogP contribution in [0.4, 0.5) is 5.69 Å². The highest BCUT2D eigenvalue weighted by molar-refractivity contribution is 7.92. The van der Waals surface area contributed by atoms with E-state index in [9.17, 15) is 13.2 Å². The molecule has 7 nitrogen and oxygen atoms in total. The first-order valence-electron chi connectivity index (χ1n) is 10.1. The summed E-state index contributed by atoms with van der Waals surface area (Å²) in [6, 6.07) is 24.1. The number of hydrogen-bond donors (Lipinski definition) is 1. The molecule has 0 saturated heterocycles. The monoisotopic (exact) mass is 454 g/mol. The van der Waals surface area contributed by atoms with Crippen LogP contribution in [0.3, 0.4) is 0 Å². The third-order valence-electron chi connectivity index (χ3n) is 4.57. The Morgan fingerprint density at radius 2 is 1.41 bits per heavy atom. The summed E-state index contributed by atoms with van der Waals surface area (Å²) in [5, 5.41) is 2.72. The van der Waals surface area contributed by atoms with E-state index in [4.69, 9.17) is 9.47 Å². The lowest BCUT2D eigenvalue weighted by molar-refractivity contribution is -0.121. The highest BCUT2D eigenvalue weighted by atomic mass is 32.2. The van der Waals surface area contributed by atoms with Gasteiger partial charge in [0.1, 0.15) is 29.9 Å². The third-order valence-corrected chi connectivity index (χ3v) is 5.81. The fourth-order valence-electron chi connectivity index (χ4n) is 3.10. The molecule has 0 aliphatic heterocycles. The molecule has 0 fully saturated rings. The molecule has 0 spiro atoms. The Morgan fingerprint density at radius 3 is 1.97 bits per heavy atom. The lowest BCUT2D eigenvalue weighted by Gasteiger charge is -2.28. The van der Waals surface area contributed by atoms with Crippen molar-refractivity contribution in [2.75, 3.05) is 23.7 Å². The minimum absolute atomic E-state index is 0.250. The number of nitrogens with zero attached hydrogens (tertiary/aromatic N) is 1. The molecule has 32 heavy (non-hydrogen) atoms. The normalized spacial score (nSPS) is 11.9. The second kappa shape index (κ2) is 10.7. The highest BCUT2D eigenvalue weighted by Gasteiger charge is 2.29. The molecule has 0 unspecified atom stereocenters. The van der Waals surface area contributed by atoms with Crippen molar-refractivity contribution in [1.29, 1.82) is 0 Å². The summed E-state index contributed by atoms with van der Waals surface area (Å²) in [4.78, 5) is 12.6. The van der Waals surface area contributed by atoms with Crippen LogP contribution in [-0.2, 0) is 14.8 Å². The Labute approximate surface area is 188 Å². The number of hydrogen-bond acceptors (Lipinski definition) is 5. The quantitative estimate of drug-likeness (QED) is 0.471. The average molecular weight is 455 g/mol. The van der Waals surface area contributed by atoms with Crippen LogP contribution in [-0.4, -0.2) is 39.8 Å². The Kier molecular flexibility index (Phi) is 7.72. The molecular formula is C24H26N2O5S. The van der Waals surface area contributed by atoms with E-state index in [2.05, 4.69) is 5.32 Å². The molecule has 1 atom stereocenters. The Morgan fingerprint density at radius 1 is 0.875 bits per heavy atom. The molecule has 0 aliphatic carbocycles. The van der Waals surface area contributed by atoms with Gasteiger partial charge in [0.05, 0.1) is 18.5 Å². The maximum atomic E-state index is 12.6. The fraction of sp³-hybridized carbons (Fsp3) is 0.208. The molecule has 3 rings (SSSR count). The van der Waals surface area contributed by atoms with Crippen molar-refractivity contribution in [3.63, 3.8) is 0 Å². The largest absolute Gasteiger partial charge is 0.492 e. The van der Waals surface area contributed by atoms with E-state index in [1.165, 1.54) is 0 Å². The molecular weight excluding hydrogens is 428 g/mol. The number of anilines is 1. The van der Waals surface area contributed by atoms with Crippen molar-refractivity contribution in [2.24, 2.45) is 0 Å². The molecule has 168 valence electrons. The van der Waals surface area contributed by atoms with Gasteiger partial charge in [0.25, 0.3) is 0 Å². The van der Waals surface area contributed by atoms with Gasteiger partial charge in [-0.3, -0.25) is 9.10 Å². The molecule has 0 aromatic heterocycles. The van der Waals surface area contributed by atoms with Crippen LogP contribution in [0.5, 0.6) is 17.2 Å². The van der Waals surface area contributed by atoms with Crippen molar-refractivity contribution in [2.45, 2.75) is 13.0 Å². The van der Waals surface area contributed by atoms with Gasteiger partial charge < -0.3 is 14.8 Å². The van der Waals surface area contributed by atoms with Crippen LogP contribution in [0.25, 0.3) is 0 Å². The number of benzene rings is 3. The lowest BCUT2D eigenvalue weighted by atomic mass is 10.2. The van der Waals surface area contributed by atoms with Crippen LogP contribution in [0, 0.1) is 0 Å². The van der Waals surface area contributed by atoms with Gasteiger partial charge in [-0.1, -0.05) is 36.4 Å². The van der Waals surface area contributed by atoms with Crippen LogP contribution in [0.1, 0.15) is 6.92 Å². The molecule has 3 aromatic rings. The number of para-hydroxylation sites is 2. The number of carbonyl (C=O) groups excluding carboxylic acids is 1. The maximum absolute atomic E-state index is 12.6. The molecule has 1 N–H and O–H groups in total. The van der Waals surface area contributed by atoms with E-state index in [0.717, 1.165) is 10.6 Å². The van der Waals surface area contributed by atoms with Gasteiger partial charge in [0, 0.05) is 0 Å². The van der Waals surface area contributed by atoms with Gasteiger partial charge in [-0.2, -0.15) is 0 Å². The topological polar surface area (TPSA) is 84.9 Å². The second-order valence-electron chi connectivity index (χ2n) is 7.10. The molecule has 0 radical (unpaired) electrons. The van der Waals surface area contributed by atoms with Crippen LogP contribution < -0.4 is 19.1 Å². The molecule has 0 saturated carbocycles. The molecule has 0 aliphatic rings. The van der Waals surface area contributed by atoms with E-state index < -0.39 is 22.0 Å². The van der Waals surface area contributed by atoms with E-state index in [1.54, 1.807) is 31.2 Å². The zero-order valence-electron chi connectivity index (χ0n) is 18.0. The zero-order chi connectivity index (χ0) is 23.0. The van der Waals surface area contributed by atoms with Gasteiger partial charge >= 0.3 is 0 Å². The summed E-state index contributed by atoms with van der Waals surface area (Å²) < 4.78 is 37.3. The number of ether oxygens (including phenoxy) is 2. The summed E-state index contributed by atoms with van der Waals surface area (Å²) in [6.07, 6.45) is 1.07. The van der Waals surface area contributed by atoms with Crippen molar-refractivity contribution < 1.29 is 22.7 Å². The molecule has 0 bridgehead atoms. The van der Waals surface area contributed by atoms with E-state index in [0.29, 0.717) is 22.9 Å². The average Bonchev–Trinajstić information content (AvgIpc) is 2.78. The smallest absolute Gasteiger partial charge is 0.243 e. The molecule has 8 heteroatoms. The molecule has 1 amide bonds. The first-order valence-corrected chi connectivity index (χ1v) is 12.0. The molecule has 3 aromatic carbocycles. The van der Waals surface area contributed by atoms with Gasteiger partial charge in [0.2, 0.25) is 15.9 Å². The summed E-state index contributed by atoms with van der Waals surface area (Å²) in [6.45, 7) is 2.06. The van der Waals surface area contributed by atoms with Gasteiger partial charge in [-0.25, -0.2) is 8.42 Å². The number of nitrogens with one attached hydrogen (secondary N) is 1.